The Kier molecular flexibility index (Phi) is 3.60. The first-order valence-electron chi connectivity index (χ1n) is 4.29. The summed E-state index contributed by atoms with van der Waals surface area (Å²) >= 11 is 5.62. The molecule has 0 aliphatic heterocycles. The summed E-state index contributed by atoms with van der Waals surface area (Å²) in [4.78, 5) is 11.1. The van der Waals surface area contributed by atoms with E-state index in [1.807, 2.05) is 0 Å². The Morgan fingerprint density at radius 1 is 1.67 bits per heavy atom. The van der Waals surface area contributed by atoms with Gasteiger partial charge in [0.15, 0.2) is 0 Å². The lowest BCUT2D eigenvalue weighted by Crippen LogP contribution is -2.38. The summed E-state index contributed by atoms with van der Waals surface area (Å²) in [5.41, 5.74) is 0. The minimum Gasteiger partial charge on any atom is -0.352 e. The van der Waals surface area contributed by atoms with Gasteiger partial charge in [-0.25, -0.2) is 0 Å². The Morgan fingerprint density at radius 2 is 2.42 bits per heavy atom. The molecule has 1 rings (SSSR count). The summed E-state index contributed by atoms with van der Waals surface area (Å²) in [6, 6.07) is 0.295. The summed E-state index contributed by atoms with van der Waals surface area (Å²) in [6.07, 6.45) is 7.28. The van der Waals surface area contributed by atoms with Crippen molar-refractivity contribution in [3.05, 3.63) is 12.2 Å². The van der Waals surface area contributed by atoms with E-state index in [0.717, 1.165) is 19.3 Å². The third-order valence-corrected chi connectivity index (χ3v) is 2.17. The first-order chi connectivity index (χ1) is 5.70. The van der Waals surface area contributed by atoms with Crippen molar-refractivity contribution in [3.63, 3.8) is 0 Å². The zero-order valence-electron chi connectivity index (χ0n) is 7.22. The van der Waals surface area contributed by atoms with Crippen LogP contribution in [0.25, 0.3) is 0 Å². The fourth-order valence-electron chi connectivity index (χ4n) is 1.24. The van der Waals surface area contributed by atoms with Crippen molar-refractivity contribution in [1.29, 1.82) is 0 Å². The average Bonchev–Trinajstić information content (AvgIpc) is 2.06. The highest BCUT2D eigenvalue weighted by atomic mass is 35.5. The number of rotatable bonds is 2. The Morgan fingerprint density at radius 3 is 2.92 bits per heavy atom. The van der Waals surface area contributed by atoms with Gasteiger partial charge in [-0.05, 0) is 26.2 Å². The summed E-state index contributed by atoms with van der Waals surface area (Å²) in [7, 11) is 0. The molecular formula is C9H14ClNO. The molecule has 1 aliphatic rings. The van der Waals surface area contributed by atoms with Gasteiger partial charge in [-0.2, -0.15) is 0 Å². The molecule has 68 valence electrons. The summed E-state index contributed by atoms with van der Waals surface area (Å²) < 4.78 is 0. The first kappa shape index (κ1) is 9.59. The molecule has 2 nitrogen and oxygen atoms in total. The molecule has 0 saturated carbocycles. The molecule has 0 fully saturated rings. The molecule has 12 heavy (non-hydrogen) atoms. The Hall–Kier alpha value is -0.500. The van der Waals surface area contributed by atoms with Crippen molar-refractivity contribution in [3.8, 4) is 0 Å². The number of amides is 1. The number of hydrogen-bond donors (Lipinski definition) is 1. The van der Waals surface area contributed by atoms with Gasteiger partial charge in [0.2, 0.25) is 5.91 Å². The second-order valence-corrected chi connectivity index (χ2v) is 3.76. The molecular weight excluding hydrogens is 174 g/mol. The van der Waals surface area contributed by atoms with Crippen LogP contribution in [0.3, 0.4) is 0 Å². The maximum absolute atomic E-state index is 11.1. The third kappa shape index (κ3) is 2.86. The molecule has 0 bridgehead atoms. The van der Waals surface area contributed by atoms with Gasteiger partial charge in [-0.3, -0.25) is 4.79 Å². The van der Waals surface area contributed by atoms with E-state index in [-0.39, 0.29) is 5.91 Å². The van der Waals surface area contributed by atoms with E-state index in [1.54, 1.807) is 6.92 Å². The number of alkyl halides is 1. The average molecular weight is 188 g/mol. The number of hydrogen-bond acceptors (Lipinski definition) is 1. The van der Waals surface area contributed by atoms with Crippen LogP contribution in [0.1, 0.15) is 26.2 Å². The lowest BCUT2D eigenvalue weighted by Gasteiger charge is -2.19. The molecule has 2 atom stereocenters. The second kappa shape index (κ2) is 4.51. The van der Waals surface area contributed by atoms with Crippen molar-refractivity contribution < 1.29 is 4.79 Å². The van der Waals surface area contributed by atoms with E-state index in [2.05, 4.69) is 17.5 Å². The zero-order valence-corrected chi connectivity index (χ0v) is 7.97. The summed E-state index contributed by atoms with van der Waals surface area (Å²) in [6.45, 7) is 1.69. The van der Waals surface area contributed by atoms with Crippen LogP contribution >= 0.6 is 11.6 Å². The topological polar surface area (TPSA) is 29.1 Å². The molecule has 0 aromatic carbocycles. The largest absolute Gasteiger partial charge is 0.352 e. The van der Waals surface area contributed by atoms with Crippen LogP contribution in [-0.2, 0) is 4.79 Å². The summed E-state index contributed by atoms with van der Waals surface area (Å²) in [5, 5.41) is 2.48. The molecule has 3 heteroatoms. The number of carbonyl (C=O) groups is 1. The van der Waals surface area contributed by atoms with Gasteiger partial charge in [0.05, 0.1) is 0 Å². The van der Waals surface area contributed by atoms with Gasteiger partial charge in [-0.1, -0.05) is 12.2 Å². The third-order valence-electron chi connectivity index (χ3n) is 1.98. The van der Waals surface area contributed by atoms with Gasteiger partial charge >= 0.3 is 0 Å². The van der Waals surface area contributed by atoms with Gasteiger partial charge in [-0.15, -0.1) is 11.6 Å². The van der Waals surface area contributed by atoms with Crippen molar-refractivity contribution in [1.82, 2.24) is 5.32 Å². The van der Waals surface area contributed by atoms with Crippen molar-refractivity contribution in [2.75, 3.05) is 0 Å². The molecule has 1 N–H and O–H groups in total. The number of nitrogens with one attached hydrogen (secondary N) is 1. The lowest BCUT2D eigenvalue weighted by molar-refractivity contribution is -0.121. The standard InChI is InChI=1S/C9H14ClNO/c1-7(10)9(12)11-8-5-3-2-4-6-8/h2-3,7-8H,4-6H2,1H3,(H,11,12). The molecule has 0 aromatic rings. The smallest absolute Gasteiger partial charge is 0.237 e. The minimum absolute atomic E-state index is 0.0584. The highest BCUT2D eigenvalue weighted by molar-refractivity contribution is 6.30. The van der Waals surface area contributed by atoms with E-state index >= 15 is 0 Å². The second-order valence-electron chi connectivity index (χ2n) is 3.11. The van der Waals surface area contributed by atoms with Crippen LogP contribution in [0.15, 0.2) is 12.2 Å². The predicted octanol–water partition coefficient (Wildman–Crippen LogP) is 1.84. The lowest BCUT2D eigenvalue weighted by atomic mass is 10.0. The van der Waals surface area contributed by atoms with Crippen molar-refractivity contribution in [2.45, 2.75) is 37.6 Å². The van der Waals surface area contributed by atoms with E-state index in [1.165, 1.54) is 0 Å². The Balaban J connectivity index is 2.31. The van der Waals surface area contributed by atoms with E-state index in [0.29, 0.717) is 6.04 Å². The van der Waals surface area contributed by atoms with Crippen molar-refractivity contribution in [2.24, 2.45) is 0 Å². The number of allylic oxidation sites excluding steroid dienone is 1. The monoisotopic (exact) mass is 187 g/mol. The van der Waals surface area contributed by atoms with Crippen LogP contribution < -0.4 is 5.32 Å². The van der Waals surface area contributed by atoms with E-state index < -0.39 is 5.38 Å². The maximum atomic E-state index is 11.1. The van der Waals surface area contributed by atoms with Crippen LogP contribution in [0.2, 0.25) is 0 Å². The quantitative estimate of drug-likeness (QED) is 0.519. The van der Waals surface area contributed by atoms with E-state index in [4.69, 9.17) is 11.6 Å². The van der Waals surface area contributed by atoms with Gasteiger partial charge in [0.1, 0.15) is 5.38 Å². The van der Waals surface area contributed by atoms with Gasteiger partial charge in [0, 0.05) is 6.04 Å². The maximum Gasteiger partial charge on any atom is 0.237 e. The number of carbonyl (C=O) groups excluding carboxylic acids is 1. The zero-order chi connectivity index (χ0) is 8.97. The SMILES string of the molecule is CC(Cl)C(=O)NC1CC=CCC1. The molecule has 1 aliphatic carbocycles. The van der Waals surface area contributed by atoms with Crippen LogP contribution in [0.5, 0.6) is 0 Å². The molecule has 0 aromatic heterocycles. The molecule has 0 radical (unpaired) electrons. The highest BCUT2D eigenvalue weighted by Gasteiger charge is 2.15. The molecule has 0 saturated heterocycles. The first-order valence-corrected chi connectivity index (χ1v) is 4.73. The summed E-state index contributed by atoms with van der Waals surface area (Å²) in [5.74, 6) is -0.0584. The number of halogens is 1. The predicted molar refractivity (Wildman–Crippen MR) is 50.2 cm³/mol. The van der Waals surface area contributed by atoms with Crippen LogP contribution in [0, 0.1) is 0 Å². The van der Waals surface area contributed by atoms with E-state index in [9.17, 15) is 4.79 Å². The van der Waals surface area contributed by atoms with Crippen LogP contribution in [0.4, 0.5) is 0 Å². The normalized spacial score (nSPS) is 25.0. The molecule has 0 heterocycles. The van der Waals surface area contributed by atoms with Crippen LogP contribution in [-0.4, -0.2) is 17.3 Å². The molecule has 2 unspecified atom stereocenters. The van der Waals surface area contributed by atoms with Crippen molar-refractivity contribution >= 4 is 17.5 Å². The fraction of sp³-hybridized carbons (Fsp3) is 0.667. The Bertz CT molecular complexity index is 189. The van der Waals surface area contributed by atoms with Gasteiger partial charge in [0.25, 0.3) is 0 Å². The molecule has 0 spiro atoms. The minimum atomic E-state index is -0.420. The van der Waals surface area contributed by atoms with Gasteiger partial charge < -0.3 is 5.32 Å². The molecule has 1 amide bonds. The fourth-order valence-corrected chi connectivity index (χ4v) is 1.30. The highest BCUT2D eigenvalue weighted by Crippen LogP contribution is 2.10. The Labute approximate surface area is 78.0 Å².